The lowest BCUT2D eigenvalue weighted by atomic mass is 9.91. The van der Waals surface area contributed by atoms with Crippen molar-refractivity contribution >= 4 is 5.91 Å². The van der Waals surface area contributed by atoms with Crippen molar-refractivity contribution in [3.63, 3.8) is 0 Å². The Hall–Kier alpha value is -0.770. The summed E-state index contributed by atoms with van der Waals surface area (Å²) in [4.78, 5) is 11.2. The first kappa shape index (κ1) is 16.1. The number of fused-ring (bicyclic) bond motifs is 3. The van der Waals surface area contributed by atoms with Gasteiger partial charge in [0.25, 0.3) is 0 Å². The molecule has 3 fully saturated rings. The Morgan fingerprint density at radius 1 is 1.23 bits per heavy atom. The quantitative estimate of drug-likeness (QED) is 0.730. The molecule has 0 aromatic heterocycles. The van der Waals surface area contributed by atoms with Gasteiger partial charge in [0.1, 0.15) is 24.4 Å². The minimum atomic E-state index is -1.50. The van der Waals surface area contributed by atoms with Gasteiger partial charge >= 0.3 is 0 Å². The zero-order valence-corrected chi connectivity index (χ0v) is 13.2. The smallest absolute Gasteiger partial charge is 0.227 e. The lowest BCUT2D eigenvalue weighted by Crippen LogP contribution is -2.64. The lowest BCUT2D eigenvalue weighted by Gasteiger charge is -2.43. The molecule has 8 heteroatoms. The Morgan fingerprint density at radius 3 is 2.55 bits per heavy atom. The Balaban J connectivity index is 1.92. The maximum Gasteiger partial charge on any atom is 0.227 e. The molecule has 3 rings (SSSR count). The molecule has 3 aliphatic heterocycles. The van der Waals surface area contributed by atoms with E-state index in [-0.39, 0.29) is 19.1 Å². The highest BCUT2D eigenvalue weighted by molar-refractivity contribution is 5.74. The average molecular weight is 317 g/mol. The molecule has 3 heterocycles. The third-order valence-electron chi connectivity index (χ3n) is 4.06. The minimum Gasteiger partial charge on any atom is -0.387 e. The molecule has 0 aliphatic carbocycles. The van der Waals surface area contributed by atoms with Gasteiger partial charge in [-0.05, 0) is 27.7 Å². The van der Waals surface area contributed by atoms with Gasteiger partial charge in [-0.1, -0.05) is 0 Å². The fraction of sp³-hybridized carbons (Fsp3) is 0.929. The molecule has 0 radical (unpaired) electrons. The number of carbonyl (C=O) groups excluding carboxylic acids is 1. The van der Waals surface area contributed by atoms with Crippen molar-refractivity contribution < 1.29 is 33.6 Å². The first-order valence-electron chi connectivity index (χ1n) is 7.39. The molecule has 5 atom stereocenters. The van der Waals surface area contributed by atoms with Crippen LogP contribution in [0.5, 0.6) is 0 Å². The second-order valence-electron chi connectivity index (χ2n) is 6.90. The highest BCUT2D eigenvalue weighted by atomic mass is 16.9. The standard InChI is InChI=1S/C14H23NO7/c1-12(2)19-7-6-18-14(8(16)5-9(15)17)11(10(7)20-12)21-13(3,4)22-14/h7-8,10-11,16H,5-6H2,1-4H3,(H2,15,17)/t7-,8-,10-,11+,14-/m1/s1. The van der Waals surface area contributed by atoms with Crippen molar-refractivity contribution in [2.75, 3.05) is 6.61 Å². The SMILES string of the molecule is CC1(C)O[C@@H]2[C@@H](CO[C@]3([C@H](O)CC(N)=O)OC(C)(C)O[C@@H]23)O1. The number of amides is 1. The number of rotatable bonds is 3. The van der Waals surface area contributed by atoms with Gasteiger partial charge in [-0.3, -0.25) is 4.79 Å². The van der Waals surface area contributed by atoms with Crippen LogP contribution in [-0.4, -0.2) is 59.4 Å². The van der Waals surface area contributed by atoms with E-state index in [9.17, 15) is 9.90 Å². The van der Waals surface area contributed by atoms with Crippen LogP contribution in [0.3, 0.4) is 0 Å². The van der Waals surface area contributed by atoms with E-state index in [1.54, 1.807) is 27.7 Å². The maximum absolute atomic E-state index is 11.2. The number of hydrogen-bond donors (Lipinski definition) is 2. The molecule has 3 aliphatic rings. The van der Waals surface area contributed by atoms with E-state index in [0.717, 1.165) is 0 Å². The summed E-state index contributed by atoms with van der Waals surface area (Å²) in [5.74, 6) is -3.92. The number of carbonyl (C=O) groups is 1. The molecule has 3 saturated heterocycles. The van der Waals surface area contributed by atoms with E-state index in [4.69, 9.17) is 29.4 Å². The monoisotopic (exact) mass is 317 g/mol. The van der Waals surface area contributed by atoms with Gasteiger partial charge in [0.05, 0.1) is 13.0 Å². The van der Waals surface area contributed by atoms with Gasteiger partial charge in [-0.15, -0.1) is 0 Å². The predicted octanol–water partition coefficient (Wildman–Crippen LogP) is -0.379. The summed E-state index contributed by atoms with van der Waals surface area (Å²) >= 11 is 0. The van der Waals surface area contributed by atoms with E-state index >= 15 is 0 Å². The first-order chi connectivity index (χ1) is 10.0. The van der Waals surface area contributed by atoms with E-state index in [2.05, 4.69) is 0 Å². The Kier molecular flexibility index (Phi) is 3.56. The van der Waals surface area contributed by atoms with Crippen LogP contribution < -0.4 is 5.73 Å². The van der Waals surface area contributed by atoms with Crippen molar-refractivity contribution in [1.29, 1.82) is 0 Å². The Labute approximate surface area is 128 Å². The Bertz CT molecular complexity index is 480. The molecule has 126 valence electrons. The van der Waals surface area contributed by atoms with Crippen LogP contribution in [0.25, 0.3) is 0 Å². The molecular weight excluding hydrogens is 294 g/mol. The number of ether oxygens (including phenoxy) is 5. The third kappa shape index (κ3) is 2.53. The van der Waals surface area contributed by atoms with Crippen molar-refractivity contribution in [3.05, 3.63) is 0 Å². The van der Waals surface area contributed by atoms with E-state index in [1.165, 1.54) is 0 Å². The van der Waals surface area contributed by atoms with Gasteiger partial charge < -0.3 is 34.5 Å². The lowest BCUT2D eigenvalue weighted by molar-refractivity contribution is -0.317. The molecule has 0 aromatic rings. The second-order valence-corrected chi connectivity index (χ2v) is 6.90. The van der Waals surface area contributed by atoms with Gasteiger partial charge in [0.2, 0.25) is 11.7 Å². The third-order valence-corrected chi connectivity index (χ3v) is 4.06. The number of nitrogens with two attached hydrogens (primary N) is 1. The van der Waals surface area contributed by atoms with Crippen molar-refractivity contribution in [1.82, 2.24) is 0 Å². The highest BCUT2D eigenvalue weighted by Crippen LogP contribution is 2.49. The molecule has 3 N–H and O–H groups in total. The fourth-order valence-corrected chi connectivity index (χ4v) is 3.41. The van der Waals surface area contributed by atoms with Crippen LogP contribution in [0, 0.1) is 0 Å². The minimum absolute atomic E-state index is 0.167. The first-order valence-corrected chi connectivity index (χ1v) is 7.39. The largest absolute Gasteiger partial charge is 0.387 e. The molecule has 8 nitrogen and oxygen atoms in total. The van der Waals surface area contributed by atoms with Gasteiger partial charge in [-0.2, -0.15) is 0 Å². The van der Waals surface area contributed by atoms with Crippen LogP contribution in [0.4, 0.5) is 0 Å². The van der Waals surface area contributed by atoms with Crippen molar-refractivity contribution in [2.45, 2.75) is 75.9 Å². The molecule has 0 bridgehead atoms. The fourth-order valence-electron chi connectivity index (χ4n) is 3.41. The Morgan fingerprint density at radius 2 is 1.91 bits per heavy atom. The highest BCUT2D eigenvalue weighted by Gasteiger charge is 2.67. The maximum atomic E-state index is 11.2. The summed E-state index contributed by atoms with van der Waals surface area (Å²) in [5, 5.41) is 10.5. The average Bonchev–Trinajstić information content (AvgIpc) is 2.80. The topological polar surface area (TPSA) is 109 Å². The molecule has 0 unspecified atom stereocenters. The van der Waals surface area contributed by atoms with E-state index in [1.807, 2.05) is 0 Å². The van der Waals surface area contributed by atoms with E-state index in [0.29, 0.717) is 0 Å². The van der Waals surface area contributed by atoms with Gasteiger partial charge in [-0.25, -0.2) is 0 Å². The summed E-state index contributed by atoms with van der Waals surface area (Å²) in [6, 6.07) is 0. The molecule has 1 amide bonds. The van der Waals surface area contributed by atoms with Gasteiger partial charge in [0.15, 0.2) is 11.6 Å². The van der Waals surface area contributed by atoms with Crippen molar-refractivity contribution in [2.24, 2.45) is 5.73 Å². The number of aliphatic hydroxyl groups excluding tert-OH is 1. The molecule has 0 spiro atoms. The number of primary amides is 1. The molecule has 0 saturated carbocycles. The molecule has 22 heavy (non-hydrogen) atoms. The number of aliphatic hydroxyl groups is 1. The van der Waals surface area contributed by atoms with Crippen LogP contribution in [0.1, 0.15) is 34.1 Å². The zero-order chi connectivity index (χ0) is 16.3. The van der Waals surface area contributed by atoms with Crippen LogP contribution in [0.2, 0.25) is 0 Å². The van der Waals surface area contributed by atoms with Crippen LogP contribution >= 0.6 is 0 Å². The van der Waals surface area contributed by atoms with Crippen LogP contribution in [0.15, 0.2) is 0 Å². The van der Waals surface area contributed by atoms with Gasteiger partial charge in [0, 0.05) is 0 Å². The second kappa shape index (κ2) is 4.86. The molecule has 0 aromatic carbocycles. The normalized spacial score (nSPS) is 43.4. The predicted molar refractivity (Wildman–Crippen MR) is 72.4 cm³/mol. The summed E-state index contributed by atoms with van der Waals surface area (Å²) in [6.07, 6.45) is -3.07. The summed E-state index contributed by atoms with van der Waals surface area (Å²) in [7, 11) is 0. The zero-order valence-electron chi connectivity index (χ0n) is 13.2. The van der Waals surface area contributed by atoms with E-state index < -0.39 is 41.6 Å². The molecular formula is C14H23NO7. The van der Waals surface area contributed by atoms with Crippen LogP contribution in [-0.2, 0) is 28.5 Å². The van der Waals surface area contributed by atoms with Crippen molar-refractivity contribution in [3.8, 4) is 0 Å². The summed E-state index contributed by atoms with van der Waals surface area (Å²) in [6.45, 7) is 7.19. The summed E-state index contributed by atoms with van der Waals surface area (Å²) in [5.41, 5.74) is 5.19. The summed E-state index contributed by atoms with van der Waals surface area (Å²) < 4.78 is 29.2. The number of hydrogen-bond acceptors (Lipinski definition) is 7.